The molecule has 1 heteroatoms. The van der Waals surface area contributed by atoms with E-state index in [1.165, 1.54) is 36.8 Å². The highest BCUT2D eigenvalue weighted by atomic mass is 16.3. The Morgan fingerprint density at radius 3 is 2.72 bits per heavy atom. The van der Waals surface area contributed by atoms with E-state index in [0.717, 1.165) is 29.7 Å². The zero-order valence-corrected chi connectivity index (χ0v) is 11.5. The van der Waals surface area contributed by atoms with E-state index >= 15 is 0 Å². The lowest BCUT2D eigenvalue weighted by atomic mass is 9.83. The Kier molecular flexibility index (Phi) is 3.19. The second-order valence-corrected chi connectivity index (χ2v) is 6.48. The van der Waals surface area contributed by atoms with Crippen molar-refractivity contribution in [3.63, 3.8) is 0 Å². The smallest absolute Gasteiger partial charge is 0.0795 e. The van der Waals surface area contributed by atoms with E-state index < -0.39 is 0 Å². The van der Waals surface area contributed by atoms with Crippen molar-refractivity contribution >= 4 is 0 Å². The van der Waals surface area contributed by atoms with Crippen LogP contribution in [-0.2, 0) is 0 Å². The third-order valence-corrected chi connectivity index (χ3v) is 5.42. The van der Waals surface area contributed by atoms with E-state index in [2.05, 4.69) is 32.0 Å². The predicted molar refractivity (Wildman–Crippen MR) is 74.4 cm³/mol. The number of benzene rings is 1. The van der Waals surface area contributed by atoms with Crippen LogP contribution in [0.3, 0.4) is 0 Å². The first-order valence-electron chi connectivity index (χ1n) is 7.39. The van der Waals surface area contributed by atoms with Gasteiger partial charge < -0.3 is 5.11 Å². The maximum absolute atomic E-state index is 10.5. The molecule has 0 heterocycles. The number of aryl methyl sites for hydroxylation is 1. The molecular formula is C17H24O. The van der Waals surface area contributed by atoms with Crippen molar-refractivity contribution in [3.05, 3.63) is 34.9 Å². The Morgan fingerprint density at radius 2 is 2.06 bits per heavy atom. The average molecular weight is 244 g/mol. The summed E-state index contributed by atoms with van der Waals surface area (Å²) < 4.78 is 0. The average Bonchev–Trinajstić information content (AvgIpc) is 2.94. The minimum atomic E-state index is -0.255. The van der Waals surface area contributed by atoms with Gasteiger partial charge in [0.1, 0.15) is 0 Å². The Balaban J connectivity index is 1.71. The summed E-state index contributed by atoms with van der Waals surface area (Å²) in [6.07, 6.45) is 6.38. The molecule has 2 fully saturated rings. The van der Waals surface area contributed by atoms with E-state index in [9.17, 15) is 5.11 Å². The van der Waals surface area contributed by atoms with Crippen LogP contribution in [0.1, 0.15) is 54.9 Å². The highest BCUT2D eigenvalue weighted by molar-refractivity contribution is 5.34. The van der Waals surface area contributed by atoms with Gasteiger partial charge in [0.25, 0.3) is 0 Å². The third-order valence-electron chi connectivity index (χ3n) is 5.42. The van der Waals surface area contributed by atoms with Gasteiger partial charge in [-0.3, -0.25) is 0 Å². The van der Waals surface area contributed by atoms with Gasteiger partial charge >= 0.3 is 0 Å². The van der Waals surface area contributed by atoms with Crippen molar-refractivity contribution in [2.45, 2.75) is 52.1 Å². The lowest BCUT2D eigenvalue weighted by molar-refractivity contribution is 0.125. The molecule has 4 atom stereocenters. The molecule has 1 aromatic carbocycles. The number of aliphatic hydroxyl groups is 1. The van der Waals surface area contributed by atoms with Crippen molar-refractivity contribution in [2.24, 2.45) is 17.8 Å². The maximum Gasteiger partial charge on any atom is 0.0795 e. The van der Waals surface area contributed by atoms with E-state index in [0.29, 0.717) is 0 Å². The van der Waals surface area contributed by atoms with E-state index in [4.69, 9.17) is 0 Å². The summed E-state index contributed by atoms with van der Waals surface area (Å²) in [6, 6.07) is 6.30. The summed E-state index contributed by atoms with van der Waals surface area (Å²) in [7, 11) is 0. The summed E-state index contributed by atoms with van der Waals surface area (Å²) in [4.78, 5) is 0. The number of fused-ring (bicyclic) bond motifs is 2. The lowest BCUT2D eigenvalue weighted by Crippen LogP contribution is -2.15. The van der Waals surface area contributed by atoms with Crippen LogP contribution in [0.5, 0.6) is 0 Å². The van der Waals surface area contributed by atoms with Gasteiger partial charge in [-0.1, -0.05) is 24.6 Å². The molecule has 0 amide bonds. The number of rotatable bonds is 3. The van der Waals surface area contributed by atoms with Crippen LogP contribution in [0.4, 0.5) is 0 Å². The summed E-state index contributed by atoms with van der Waals surface area (Å²) in [6.45, 7) is 4.26. The number of aliphatic hydroxyl groups excluding tert-OH is 1. The fourth-order valence-corrected chi connectivity index (χ4v) is 4.21. The molecule has 1 N–H and O–H groups in total. The van der Waals surface area contributed by atoms with Crippen molar-refractivity contribution in [2.75, 3.05) is 0 Å². The normalized spacial score (nSPS) is 31.8. The predicted octanol–water partition coefficient (Wildman–Crippen LogP) is 4.16. The van der Waals surface area contributed by atoms with Crippen LogP contribution < -0.4 is 0 Å². The topological polar surface area (TPSA) is 20.2 Å². The molecular weight excluding hydrogens is 220 g/mol. The largest absolute Gasteiger partial charge is 0.388 e. The molecule has 0 aliphatic heterocycles. The van der Waals surface area contributed by atoms with Crippen molar-refractivity contribution in [1.29, 1.82) is 0 Å². The Morgan fingerprint density at radius 1 is 1.22 bits per heavy atom. The van der Waals surface area contributed by atoms with Gasteiger partial charge in [0.05, 0.1) is 6.10 Å². The SMILES string of the molecule is Cc1cccc(C(O)CC2CC3CCC2C3)c1C. The van der Waals surface area contributed by atoms with Crippen LogP contribution in [0, 0.1) is 31.6 Å². The first kappa shape index (κ1) is 12.2. The molecule has 2 bridgehead atoms. The second kappa shape index (κ2) is 4.70. The van der Waals surface area contributed by atoms with E-state index in [1.807, 2.05) is 0 Å². The lowest BCUT2D eigenvalue weighted by Gasteiger charge is -2.25. The minimum Gasteiger partial charge on any atom is -0.388 e. The standard InChI is InChI=1S/C17H24O/c1-11-4-3-5-16(12(11)2)17(18)10-15-9-13-6-7-14(15)8-13/h3-5,13-15,17-18H,6-10H2,1-2H3. The van der Waals surface area contributed by atoms with Crippen LogP contribution in [0.2, 0.25) is 0 Å². The van der Waals surface area contributed by atoms with Gasteiger partial charge in [-0.15, -0.1) is 0 Å². The molecule has 3 rings (SSSR count). The highest BCUT2D eigenvalue weighted by Gasteiger charge is 2.40. The molecule has 4 unspecified atom stereocenters. The fourth-order valence-electron chi connectivity index (χ4n) is 4.21. The molecule has 98 valence electrons. The highest BCUT2D eigenvalue weighted by Crippen LogP contribution is 2.51. The van der Waals surface area contributed by atoms with E-state index in [1.54, 1.807) is 0 Å². The quantitative estimate of drug-likeness (QED) is 0.846. The van der Waals surface area contributed by atoms with E-state index in [-0.39, 0.29) is 6.10 Å². The fraction of sp³-hybridized carbons (Fsp3) is 0.647. The second-order valence-electron chi connectivity index (χ2n) is 6.48. The van der Waals surface area contributed by atoms with Gasteiger partial charge in [-0.25, -0.2) is 0 Å². The molecule has 2 aliphatic rings. The minimum absolute atomic E-state index is 0.255. The maximum atomic E-state index is 10.5. The summed E-state index contributed by atoms with van der Waals surface area (Å²) in [5.74, 6) is 2.67. The molecule has 0 aromatic heterocycles. The zero-order valence-electron chi connectivity index (χ0n) is 11.5. The third kappa shape index (κ3) is 2.09. The summed E-state index contributed by atoms with van der Waals surface area (Å²) in [5.41, 5.74) is 3.71. The first-order chi connectivity index (χ1) is 8.65. The first-order valence-corrected chi connectivity index (χ1v) is 7.39. The number of hydrogen-bond acceptors (Lipinski definition) is 1. The molecule has 1 nitrogen and oxygen atoms in total. The van der Waals surface area contributed by atoms with Crippen LogP contribution in [-0.4, -0.2) is 5.11 Å². The molecule has 1 aromatic rings. The Bertz CT molecular complexity index is 437. The zero-order chi connectivity index (χ0) is 12.7. The molecule has 2 aliphatic carbocycles. The summed E-state index contributed by atoms with van der Waals surface area (Å²) in [5, 5.41) is 10.5. The van der Waals surface area contributed by atoms with Gasteiger partial charge in [0.2, 0.25) is 0 Å². The van der Waals surface area contributed by atoms with Crippen molar-refractivity contribution in [1.82, 2.24) is 0 Å². The molecule has 0 radical (unpaired) electrons. The Labute approximate surface area is 110 Å². The van der Waals surface area contributed by atoms with Crippen LogP contribution in [0.25, 0.3) is 0 Å². The molecule has 0 saturated heterocycles. The van der Waals surface area contributed by atoms with Gasteiger partial charge in [0, 0.05) is 0 Å². The molecule has 0 spiro atoms. The summed E-state index contributed by atoms with van der Waals surface area (Å²) >= 11 is 0. The van der Waals surface area contributed by atoms with Crippen LogP contribution >= 0.6 is 0 Å². The van der Waals surface area contributed by atoms with Gasteiger partial charge in [0.15, 0.2) is 0 Å². The molecule has 18 heavy (non-hydrogen) atoms. The number of hydrogen-bond donors (Lipinski definition) is 1. The van der Waals surface area contributed by atoms with Crippen LogP contribution in [0.15, 0.2) is 18.2 Å². The monoisotopic (exact) mass is 244 g/mol. The molecule has 2 saturated carbocycles. The van der Waals surface area contributed by atoms with Gasteiger partial charge in [-0.05, 0) is 74.0 Å². The van der Waals surface area contributed by atoms with Gasteiger partial charge in [-0.2, -0.15) is 0 Å². The Hall–Kier alpha value is -0.820. The van der Waals surface area contributed by atoms with Crippen molar-refractivity contribution < 1.29 is 5.11 Å². The van der Waals surface area contributed by atoms with Crippen molar-refractivity contribution in [3.8, 4) is 0 Å².